The number of hydrogen-bond acceptors (Lipinski definition) is 6. The number of aldehydes is 2. The first-order valence-electron chi connectivity index (χ1n) is 5.83. The molecule has 3 rings (SSSR count). The lowest BCUT2D eigenvalue weighted by molar-refractivity contribution is 0.111. The van der Waals surface area contributed by atoms with Crippen molar-refractivity contribution in [2.45, 2.75) is 6.42 Å². The maximum absolute atomic E-state index is 10.7. The molecular formula is C14H9NO3S2. The molecule has 0 aliphatic rings. The summed E-state index contributed by atoms with van der Waals surface area (Å²) in [6.07, 6.45) is 2.27. The molecule has 0 aliphatic heterocycles. The van der Waals surface area contributed by atoms with E-state index >= 15 is 0 Å². The lowest BCUT2D eigenvalue weighted by atomic mass is 10.2. The second-order valence-corrected chi connectivity index (χ2v) is 6.41. The molecule has 0 N–H and O–H groups in total. The lowest BCUT2D eigenvalue weighted by Crippen LogP contribution is -1.78. The summed E-state index contributed by atoms with van der Waals surface area (Å²) in [6, 6.07) is 9.18. The van der Waals surface area contributed by atoms with Crippen LogP contribution in [0, 0.1) is 0 Å². The van der Waals surface area contributed by atoms with Gasteiger partial charge in [0.2, 0.25) is 0 Å². The topological polar surface area (TPSA) is 60.2 Å². The number of carbonyl (C=O) groups excluding carboxylic acids is 2. The molecular weight excluding hydrogens is 294 g/mol. The van der Waals surface area contributed by atoms with Crippen molar-refractivity contribution in [3.8, 4) is 10.6 Å². The van der Waals surface area contributed by atoms with Crippen molar-refractivity contribution in [3.63, 3.8) is 0 Å². The Balaban J connectivity index is 1.79. The fourth-order valence-corrected chi connectivity index (χ4v) is 3.40. The van der Waals surface area contributed by atoms with Gasteiger partial charge in [-0.15, -0.1) is 22.7 Å². The fraction of sp³-hybridized carbons (Fsp3) is 0.0714. The van der Waals surface area contributed by atoms with Gasteiger partial charge in [0.15, 0.2) is 12.6 Å². The molecule has 4 nitrogen and oxygen atoms in total. The molecule has 100 valence electrons. The van der Waals surface area contributed by atoms with Crippen LogP contribution in [-0.4, -0.2) is 17.7 Å². The Hall–Kier alpha value is -2.05. The first-order valence-corrected chi connectivity index (χ1v) is 7.46. The Morgan fingerprint density at radius 1 is 1.05 bits per heavy atom. The van der Waals surface area contributed by atoms with Gasteiger partial charge in [-0.1, -0.05) is 5.16 Å². The number of thiophene rings is 2. The minimum atomic E-state index is 0.609. The number of rotatable bonds is 5. The van der Waals surface area contributed by atoms with Crippen molar-refractivity contribution < 1.29 is 14.1 Å². The van der Waals surface area contributed by atoms with Gasteiger partial charge < -0.3 is 4.52 Å². The second kappa shape index (κ2) is 5.52. The molecule has 6 heteroatoms. The summed E-state index contributed by atoms with van der Waals surface area (Å²) < 4.78 is 5.30. The summed E-state index contributed by atoms with van der Waals surface area (Å²) in [5, 5.41) is 4.01. The van der Waals surface area contributed by atoms with E-state index in [2.05, 4.69) is 5.16 Å². The molecule has 0 aromatic carbocycles. The Morgan fingerprint density at radius 3 is 2.50 bits per heavy atom. The van der Waals surface area contributed by atoms with Crippen LogP contribution in [0.15, 0.2) is 34.9 Å². The molecule has 0 spiro atoms. The molecule has 0 saturated heterocycles. The summed E-state index contributed by atoms with van der Waals surface area (Å²) in [5.41, 5.74) is 0.727. The molecule has 0 bridgehead atoms. The molecule has 0 fully saturated rings. The zero-order chi connectivity index (χ0) is 13.9. The van der Waals surface area contributed by atoms with Crippen LogP contribution in [0.5, 0.6) is 0 Å². The summed E-state index contributed by atoms with van der Waals surface area (Å²) in [4.78, 5) is 24.6. The standard InChI is InChI=1S/C14H9NO3S2/c16-7-11-2-1-10(19-11)5-9-6-13(15-18-9)14-4-3-12(8-17)20-14/h1-4,6-8H,5H2. The molecule has 20 heavy (non-hydrogen) atoms. The van der Waals surface area contributed by atoms with Gasteiger partial charge in [-0.3, -0.25) is 9.59 Å². The van der Waals surface area contributed by atoms with Crippen molar-refractivity contribution in [1.82, 2.24) is 5.16 Å². The predicted molar refractivity (Wildman–Crippen MR) is 77.7 cm³/mol. The smallest absolute Gasteiger partial charge is 0.160 e. The van der Waals surface area contributed by atoms with Crippen LogP contribution >= 0.6 is 22.7 Å². The van der Waals surface area contributed by atoms with Crippen molar-refractivity contribution in [2.75, 3.05) is 0 Å². The first-order chi connectivity index (χ1) is 9.78. The Bertz CT molecular complexity index is 754. The van der Waals surface area contributed by atoms with Crippen LogP contribution in [0.4, 0.5) is 0 Å². The fourth-order valence-electron chi connectivity index (χ4n) is 1.79. The minimum Gasteiger partial charge on any atom is -0.360 e. The maximum atomic E-state index is 10.7. The SMILES string of the molecule is O=Cc1ccc(Cc2cc(-c3ccc(C=O)s3)no2)s1. The summed E-state index contributed by atoms with van der Waals surface area (Å²) >= 11 is 2.82. The highest BCUT2D eigenvalue weighted by Crippen LogP contribution is 2.28. The molecule has 0 aliphatic carbocycles. The van der Waals surface area contributed by atoms with E-state index in [9.17, 15) is 9.59 Å². The van der Waals surface area contributed by atoms with E-state index in [-0.39, 0.29) is 0 Å². The van der Waals surface area contributed by atoms with Gasteiger partial charge in [-0.25, -0.2) is 0 Å². The predicted octanol–water partition coefficient (Wildman–Crippen LogP) is 3.68. The molecule has 0 unspecified atom stereocenters. The number of hydrogen-bond donors (Lipinski definition) is 0. The Labute approximate surface area is 122 Å². The highest BCUT2D eigenvalue weighted by Gasteiger charge is 2.10. The quantitative estimate of drug-likeness (QED) is 0.675. The third-order valence-electron chi connectivity index (χ3n) is 2.70. The van der Waals surface area contributed by atoms with Crippen molar-refractivity contribution in [2.24, 2.45) is 0 Å². The Kier molecular flexibility index (Phi) is 3.58. The van der Waals surface area contributed by atoms with Gasteiger partial charge in [0, 0.05) is 17.4 Å². The molecule has 0 amide bonds. The summed E-state index contributed by atoms with van der Waals surface area (Å²) in [6.45, 7) is 0. The van der Waals surface area contributed by atoms with E-state index in [0.29, 0.717) is 16.2 Å². The van der Waals surface area contributed by atoms with E-state index in [4.69, 9.17) is 4.52 Å². The van der Waals surface area contributed by atoms with Crippen LogP contribution in [-0.2, 0) is 6.42 Å². The molecule has 3 heterocycles. The highest BCUT2D eigenvalue weighted by atomic mass is 32.1. The highest BCUT2D eigenvalue weighted by molar-refractivity contribution is 7.17. The van der Waals surface area contributed by atoms with Gasteiger partial charge in [0.1, 0.15) is 11.5 Å². The van der Waals surface area contributed by atoms with E-state index in [1.165, 1.54) is 22.7 Å². The average molecular weight is 303 g/mol. The van der Waals surface area contributed by atoms with Gasteiger partial charge >= 0.3 is 0 Å². The maximum Gasteiger partial charge on any atom is 0.160 e. The first kappa shape index (κ1) is 13.0. The van der Waals surface area contributed by atoms with Gasteiger partial charge in [-0.05, 0) is 24.3 Å². The zero-order valence-corrected chi connectivity index (χ0v) is 11.9. The van der Waals surface area contributed by atoms with E-state index in [1.807, 2.05) is 18.2 Å². The summed E-state index contributed by atoms with van der Waals surface area (Å²) in [5.74, 6) is 0.736. The van der Waals surface area contributed by atoms with Crippen molar-refractivity contribution >= 4 is 35.2 Å². The van der Waals surface area contributed by atoms with Crippen molar-refractivity contribution in [3.05, 3.63) is 50.7 Å². The van der Waals surface area contributed by atoms with E-state index in [0.717, 1.165) is 33.8 Å². The van der Waals surface area contributed by atoms with Crippen molar-refractivity contribution in [1.29, 1.82) is 0 Å². The largest absolute Gasteiger partial charge is 0.360 e. The average Bonchev–Trinajstić information content (AvgIpc) is 3.18. The van der Waals surface area contributed by atoms with E-state index in [1.54, 1.807) is 12.1 Å². The molecule has 3 aromatic heterocycles. The van der Waals surface area contributed by atoms with Crippen LogP contribution in [0.3, 0.4) is 0 Å². The lowest BCUT2D eigenvalue weighted by Gasteiger charge is -1.89. The second-order valence-electron chi connectivity index (χ2n) is 4.10. The number of nitrogens with zero attached hydrogens (tertiary/aromatic N) is 1. The molecule has 0 saturated carbocycles. The number of carbonyl (C=O) groups is 2. The van der Waals surface area contributed by atoms with Gasteiger partial charge in [0.05, 0.1) is 14.6 Å². The Morgan fingerprint density at radius 2 is 1.80 bits per heavy atom. The van der Waals surface area contributed by atoms with E-state index < -0.39 is 0 Å². The molecule has 0 atom stereocenters. The van der Waals surface area contributed by atoms with Gasteiger partial charge in [0.25, 0.3) is 0 Å². The van der Waals surface area contributed by atoms with Gasteiger partial charge in [-0.2, -0.15) is 0 Å². The van der Waals surface area contributed by atoms with Crippen LogP contribution < -0.4 is 0 Å². The van der Waals surface area contributed by atoms with Crippen LogP contribution in [0.1, 0.15) is 30.0 Å². The minimum absolute atomic E-state index is 0.609. The normalized spacial score (nSPS) is 10.6. The zero-order valence-electron chi connectivity index (χ0n) is 10.2. The third kappa shape index (κ3) is 2.61. The number of aromatic nitrogens is 1. The van der Waals surface area contributed by atoms with Crippen LogP contribution in [0.25, 0.3) is 10.6 Å². The van der Waals surface area contributed by atoms with Crippen LogP contribution in [0.2, 0.25) is 0 Å². The monoisotopic (exact) mass is 303 g/mol. The third-order valence-corrected chi connectivity index (χ3v) is 4.75. The molecule has 0 radical (unpaired) electrons. The molecule has 3 aromatic rings. The summed E-state index contributed by atoms with van der Waals surface area (Å²) in [7, 11) is 0.